The van der Waals surface area contributed by atoms with E-state index in [1.54, 1.807) is 4.90 Å². The van der Waals surface area contributed by atoms with Crippen molar-refractivity contribution in [3.63, 3.8) is 0 Å². The minimum atomic E-state index is -0.108. The van der Waals surface area contributed by atoms with E-state index in [9.17, 15) is 9.59 Å². The molecule has 0 aromatic rings. The van der Waals surface area contributed by atoms with Gasteiger partial charge in [0.25, 0.3) is 12.4 Å². The molecule has 1 saturated heterocycles. The first-order chi connectivity index (χ1) is 5.84. The second-order valence-corrected chi connectivity index (χ2v) is 2.85. The standard InChI is InChI=1S/C8H13NO3/c10-7-12-6-8(11)9-4-2-1-3-5-9/h7H,1-6H2. The predicted octanol–water partition coefficient (Wildman–Crippen LogP) is 0.172. The molecule has 4 nitrogen and oxygen atoms in total. The molecule has 0 unspecified atom stereocenters. The van der Waals surface area contributed by atoms with Crippen molar-refractivity contribution < 1.29 is 14.3 Å². The average molecular weight is 171 g/mol. The summed E-state index contributed by atoms with van der Waals surface area (Å²) >= 11 is 0. The number of ether oxygens (including phenoxy) is 1. The first-order valence-corrected chi connectivity index (χ1v) is 4.17. The molecule has 0 bridgehead atoms. The Morgan fingerprint density at radius 2 is 2.00 bits per heavy atom. The van der Waals surface area contributed by atoms with E-state index in [0.29, 0.717) is 6.47 Å². The maximum Gasteiger partial charge on any atom is 0.293 e. The third kappa shape index (κ3) is 2.53. The molecular weight excluding hydrogens is 158 g/mol. The van der Waals surface area contributed by atoms with Gasteiger partial charge in [-0.25, -0.2) is 0 Å². The highest BCUT2D eigenvalue weighted by Gasteiger charge is 2.15. The van der Waals surface area contributed by atoms with Crippen LogP contribution in [0, 0.1) is 0 Å². The number of nitrogens with zero attached hydrogens (tertiary/aromatic N) is 1. The van der Waals surface area contributed by atoms with Crippen LogP contribution in [0.2, 0.25) is 0 Å². The number of hydrogen-bond donors (Lipinski definition) is 0. The minimum absolute atomic E-state index is 0.0817. The van der Waals surface area contributed by atoms with Crippen LogP contribution in [0.15, 0.2) is 0 Å². The van der Waals surface area contributed by atoms with Crippen molar-refractivity contribution in [1.29, 1.82) is 0 Å². The third-order valence-electron chi connectivity index (χ3n) is 1.98. The maximum absolute atomic E-state index is 11.2. The van der Waals surface area contributed by atoms with Crippen molar-refractivity contribution in [2.45, 2.75) is 19.3 Å². The Hall–Kier alpha value is -1.06. The van der Waals surface area contributed by atoms with E-state index >= 15 is 0 Å². The van der Waals surface area contributed by atoms with Crippen LogP contribution in [0.25, 0.3) is 0 Å². The second-order valence-electron chi connectivity index (χ2n) is 2.85. The summed E-state index contributed by atoms with van der Waals surface area (Å²) in [7, 11) is 0. The molecule has 1 fully saturated rings. The molecule has 0 radical (unpaired) electrons. The molecule has 0 spiro atoms. The molecule has 0 aromatic carbocycles. The molecule has 0 aromatic heterocycles. The fourth-order valence-corrected chi connectivity index (χ4v) is 1.34. The Bertz CT molecular complexity index is 164. The van der Waals surface area contributed by atoms with Gasteiger partial charge in [-0.3, -0.25) is 9.59 Å². The van der Waals surface area contributed by atoms with Crippen molar-refractivity contribution in [1.82, 2.24) is 4.90 Å². The lowest BCUT2D eigenvalue weighted by Gasteiger charge is -2.26. The van der Waals surface area contributed by atoms with E-state index < -0.39 is 0 Å². The molecule has 0 atom stereocenters. The van der Waals surface area contributed by atoms with Gasteiger partial charge in [0.15, 0.2) is 6.61 Å². The van der Waals surface area contributed by atoms with Crippen LogP contribution >= 0.6 is 0 Å². The van der Waals surface area contributed by atoms with Crippen molar-refractivity contribution >= 4 is 12.4 Å². The highest BCUT2D eigenvalue weighted by Crippen LogP contribution is 2.08. The quantitative estimate of drug-likeness (QED) is 0.569. The van der Waals surface area contributed by atoms with Crippen LogP contribution in [-0.2, 0) is 14.3 Å². The smallest absolute Gasteiger partial charge is 0.293 e. The highest BCUT2D eigenvalue weighted by molar-refractivity contribution is 5.78. The first kappa shape index (κ1) is 9.03. The van der Waals surface area contributed by atoms with Gasteiger partial charge in [-0.2, -0.15) is 0 Å². The SMILES string of the molecule is O=COCC(=O)N1CCCCC1. The van der Waals surface area contributed by atoms with Gasteiger partial charge in [0.2, 0.25) is 0 Å². The largest absolute Gasteiger partial charge is 0.458 e. The molecular formula is C8H13NO3. The zero-order valence-corrected chi connectivity index (χ0v) is 6.99. The van der Waals surface area contributed by atoms with Crippen molar-refractivity contribution in [3.8, 4) is 0 Å². The minimum Gasteiger partial charge on any atom is -0.458 e. The predicted molar refractivity (Wildman–Crippen MR) is 42.4 cm³/mol. The van der Waals surface area contributed by atoms with Crippen molar-refractivity contribution in [2.75, 3.05) is 19.7 Å². The van der Waals surface area contributed by atoms with Crippen LogP contribution in [-0.4, -0.2) is 37.0 Å². The Morgan fingerprint density at radius 3 is 2.58 bits per heavy atom. The Labute approximate surface area is 71.5 Å². The molecule has 0 saturated carbocycles. The van der Waals surface area contributed by atoms with Crippen molar-refractivity contribution in [2.24, 2.45) is 0 Å². The Morgan fingerprint density at radius 1 is 1.33 bits per heavy atom. The lowest BCUT2D eigenvalue weighted by atomic mass is 10.1. The summed E-state index contributed by atoms with van der Waals surface area (Å²) < 4.78 is 4.38. The molecule has 1 rings (SSSR count). The van der Waals surface area contributed by atoms with Crippen LogP contribution in [0.3, 0.4) is 0 Å². The van der Waals surface area contributed by atoms with E-state index in [0.717, 1.165) is 25.9 Å². The van der Waals surface area contributed by atoms with Crippen LogP contribution in [0.1, 0.15) is 19.3 Å². The van der Waals surface area contributed by atoms with E-state index in [1.807, 2.05) is 0 Å². The van der Waals surface area contributed by atoms with E-state index in [4.69, 9.17) is 0 Å². The van der Waals surface area contributed by atoms with Gasteiger partial charge in [-0.1, -0.05) is 0 Å². The second kappa shape index (κ2) is 4.74. The summed E-state index contributed by atoms with van der Waals surface area (Å²) in [4.78, 5) is 22.7. The molecule has 1 aliphatic heterocycles. The van der Waals surface area contributed by atoms with Gasteiger partial charge in [0, 0.05) is 13.1 Å². The van der Waals surface area contributed by atoms with Crippen LogP contribution < -0.4 is 0 Å². The van der Waals surface area contributed by atoms with E-state index in [1.165, 1.54) is 6.42 Å². The number of rotatable bonds is 3. The molecule has 1 heterocycles. The van der Waals surface area contributed by atoms with Gasteiger partial charge in [0.05, 0.1) is 0 Å². The summed E-state index contributed by atoms with van der Waals surface area (Å²) in [6.07, 6.45) is 3.32. The topological polar surface area (TPSA) is 46.6 Å². The number of hydrogen-bond acceptors (Lipinski definition) is 3. The third-order valence-corrected chi connectivity index (χ3v) is 1.98. The summed E-state index contributed by atoms with van der Waals surface area (Å²) in [6, 6.07) is 0. The Kier molecular flexibility index (Phi) is 3.57. The van der Waals surface area contributed by atoms with E-state index in [-0.39, 0.29) is 12.5 Å². The summed E-state index contributed by atoms with van der Waals surface area (Å²) in [5, 5.41) is 0. The molecule has 0 aliphatic carbocycles. The zero-order valence-electron chi connectivity index (χ0n) is 6.99. The van der Waals surface area contributed by atoms with Gasteiger partial charge >= 0.3 is 0 Å². The van der Waals surface area contributed by atoms with E-state index in [2.05, 4.69) is 4.74 Å². The molecule has 1 aliphatic rings. The number of carbonyl (C=O) groups excluding carboxylic acids is 2. The Balaban J connectivity index is 2.24. The molecule has 4 heteroatoms. The average Bonchev–Trinajstić information content (AvgIpc) is 2.15. The van der Waals surface area contributed by atoms with Crippen molar-refractivity contribution in [3.05, 3.63) is 0 Å². The molecule has 1 amide bonds. The molecule has 12 heavy (non-hydrogen) atoms. The number of amides is 1. The zero-order chi connectivity index (χ0) is 8.81. The number of likely N-dealkylation sites (tertiary alicyclic amines) is 1. The highest BCUT2D eigenvalue weighted by atomic mass is 16.5. The summed E-state index contributed by atoms with van der Waals surface area (Å²) in [6.45, 7) is 1.81. The van der Waals surface area contributed by atoms with Gasteiger partial charge in [-0.15, -0.1) is 0 Å². The lowest BCUT2D eigenvalue weighted by Crippen LogP contribution is -2.37. The summed E-state index contributed by atoms with van der Waals surface area (Å²) in [5.41, 5.74) is 0. The maximum atomic E-state index is 11.2. The fraction of sp³-hybridized carbons (Fsp3) is 0.750. The van der Waals surface area contributed by atoms with Crippen LogP contribution in [0.5, 0.6) is 0 Å². The van der Waals surface area contributed by atoms with Crippen LogP contribution in [0.4, 0.5) is 0 Å². The number of piperidine rings is 1. The molecule has 68 valence electrons. The summed E-state index contributed by atoms with van der Waals surface area (Å²) in [5.74, 6) is -0.0817. The van der Waals surface area contributed by atoms with Gasteiger partial charge < -0.3 is 9.64 Å². The fourth-order valence-electron chi connectivity index (χ4n) is 1.34. The first-order valence-electron chi connectivity index (χ1n) is 4.17. The van der Waals surface area contributed by atoms with Gasteiger partial charge in [-0.05, 0) is 19.3 Å². The lowest BCUT2D eigenvalue weighted by molar-refractivity contribution is -0.143. The number of carbonyl (C=O) groups is 2. The van der Waals surface area contributed by atoms with Gasteiger partial charge in [0.1, 0.15) is 0 Å². The monoisotopic (exact) mass is 171 g/mol. The normalized spacial score (nSPS) is 17.2. The molecule has 0 N–H and O–H groups in total.